The summed E-state index contributed by atoms with van der Waals surface area (Å²) in [4.78, 5) is 29.1. The zero-order valence-electron chi connectivity index (χ0n) is 20.5. The molecule has 0 atom stereocenters. The molecule has 0 unspecified atom stereocenters. The van der Waals surface area contributed by atoms with Crippen molar-refractivity contribution in [1.82, 2.24) is 15.0 Å². The van der Waals surface area contributed by atoms with Gasteiger partial charge in [0.05, 0.1) is 38.8 Å². The third kappa shape index (κ3) is 6.30. The number of rotatable bonds is 7. The lowest BCUT2D eigenvalue weighted by Crippen LogP contribution is -2.30. The fourth-order valence-corrected chi connectivity index (χ4v) is 4.45. The Morgan fingerprint density at radius 2 is 1.91 bits per heavy atom. The standard InChI is InChI=1S/C24H30N6O4S/c1-24(2,3)14-34-17-9-7-6-8-15(17)25-21(31)29-23-26-16-10-11-30(13-18(16)35-23)19-12-20(32-4)28-22(27-19)33-5/h6-9,12H,10-11,13-14H2,1-5H3,(H2,25,26,29,31). The molecule has 0 spiro atoms. The van der Waals surface area contributed by atoms with E-state index in [1.807, 2.05) is 24.3 Å². The van der Waals surface area contributed by atoms with Crippen LogP contribution in [-0.2, 0) is 13.0 Å². The van der Waals surface area contributed by atoms with E-state index in [0.717, 1.165) is 23.5 Å². The number of hydrogen-bond donors (Lipinski definition) is 2. The SMILES string of the molecule is COc1cc(N2CCc3nc(NC(=O)Nc4ccccc4OCC(C)(C)C)sc3C2)nc(OC)n1. The molecule has 10 nitrogen and oxygen atoms in total. The van der Waals surface area contributed by atoms with E-state index in [1.54, 1.807) is 13.2 Å². The first-order valence-electron chi connectivity index (χ1n) is 11.2. The Balaban J connectivity index is 1.42. The smallest absolute Gasteiger partial charge is 0.325 e. The van der Waals surface area contributed by atoms with Crippen molar-refractivity contribution in [2.75, 3.05) is 42.9 Å². The summed E-state index contributed by atoms with van der Waals surface area (Å²) in [6.07, 6.45) is 0.729. The van der Waals surface area contributed by atoms with Gasteiger partial charge in [-0.1, -0.05) is 44.2 Å². The van der Waals surface area contributed by atoms with Crippen LogP contribution < -0.4 is 29.7 Å². The van der Waals surface area contributed by atoms with Gasteiger partial charge in [-0.25, -0.2) is 9.78 Å². The minimum atomic E-state index is -0.370. The number of aromatic nitrogens is 3. The molecular weight excluding hydrogens is 468 g/mol. The summed E-state index contributed by atoms with van der Waals surface area (Å²) >= 11 is 1.45. The molecule has 0 bridgehead atoms. The highest BCUT2D eigenvalue weighted by Crippen LogP contribution is 2.32. The first-order valence-corrected chi connectivity index (χ1v) is 12.1. The predicted octanol–water partition coefficient (Wildman–Crippen LogP) is 4.58. The van der Waals surface area contributed by atoms with Gasteiger partial charge in [0, 0.05) is 23.9 Å². The van der Waals surface area contributed by atoms with E-state index < -0.39 is 0 Å². The molecular formula is C24H30N6O4S. The van der Waals surface area contributed by atoms with Gasteiger partial charge in [0.1, 0.15) is 11.6 Å². The fourth-order valence-electron chi connectivity index (χ4n) is 3.44. The number of anilines is 3. The zero-order valence-corrected chi connectivity index (χ0v) is 21.4. The molecule has 0 aliphatic carbocycles. The van der Waals surface area contributed by atoms with Crippen LogP contribution >= 0.6 is 11.3 Å². The highest BCUT2D eigenvalue weighted by Gasteiger charge is 2.24. The van der Waals surface area contributed by atoms with Crippen LogP contribution in [-0.4, -0.2) is 48.4 Å². The Hall–Kier alpha value is -3.60. The monoisotopic (exact) mass is 498 g/mol. The molecule has 2 N–H and O–H groups in total. The van der Waals surface area contributed by atoms with Gasteiger partial charge in [0.15, 0.2) is 5.13 Å². The Bertz CT molecular complexity index is 1170. The summed E-state index contributed by atoms with van der Waals surface area (Å²) in [7, 11) is 3.08. The first kappa shape index (κ1) is 24.5. The maximum absolute atomic E-state index is 12.7. The van der Waals surface area contributed by atoms with Crippen LogP contribution in [0.25, 0.3) is 0 Å². The number of carbonyl (C=O) groups is 1. The lowest BCUT2D eigenvalue weighted by Gasteiger charge is -2.27. The number of nitrogens with zero attached hydrogens (tertiary/aromatic N) is 4. The van der Waals surface area contributed by atoms with Crippen LogP contribution in [0.15, 0.2) is 30.3 Å². The minimum Gasteiger partial charge on any atom is -0.491 e. The molecule has 2 amide bonds. The number of carbonyl (C=O) groups excluding carboxylic acids is 1. The molecule has 2 aromatic heterocycles. The van der Waals surface area contributed by atoms with Crippen molar-refractivity contribution < 1.29 is 19.0 Å². The normalized spacial score (nSPS) is 13.1. The fraction of sp³-hybridized carbons (Fsp3) is 0.417. The molecule has 3 heterocycles. The molecule has 1 aliphatic rings. The van der Waals surface area contributed by atoms with E-state index in [2.05, 4.69) is 51.3 Å². The number of nitrogens with one attached hydrogen (secondary N) is 2. The van der Waals surface area contributed by atoms with Crippen LogP contribution in [0.2, 0.25) is 0 Å². The molecule has 0 fully saturated rings. The second-order valence-electron chi connectivity index (χ2n) is 9.24. The largest absolute Gasteiger partial charge is 0.491 e. The second kappa shape index (κ2) is 10.3. The maximum atomic E-state index is 12.7. The molecule has 3 aromatic rings. The van der Waals surface area contributed by atoms with Crippen molar-refractivity contribution in [3.05, 3.63) is 40.9 Å². The van der Waals surface area contributed by atoms with Gasteiger partial charge < -0.3 is 24.4 Å². The Kier molecular flexibility index (Phi) is 7.25. The van der Waals surface area contributed by atoms with Crippen LogP contribution in [0.3, 0.4) is 0 Å². The maximum Gasteiger partial charge on any atom is 0.325 e. The average molecular weight is 499 g/mol. The molecule has 186 valence electrons. The molecule has 1 aliphatic heterocycles. The number of amides is 2. The van der Waals surface area contributed by atoms with E-state index in [0.29, 0.717) is 41.4 Å². The van der Waals surface area contributed by atoms with Gasteiger partial charge in [-0.15, -0.1) is 0 Å². The minimum absolute atomic E-state index is 0.00522. The van der Waals surface area contributed by atoms with Gasteiger partial charge >= 0.3 is 12.0 Å². The van der Waals surface area contributed by atoms with E-state index in [9.17, 15) is 4.79 Å². The van der Waals surface area contributed by atoms with E-state index in [1.165, 1.54) is 18.4 Å². The lowest BCUT2D eigenvalue weighted by molar-refractivity contribution is 0.198. The molecule has 0 radical (unpaired) electrons. The number of thiazole rings is 1. The van der Waals surface area contributed by atoms with Gasteiger partial charge in [0.25, 0.3) is 0 Å². The summed E-state index contributed by atoms with van der Waals surface area (Å²) < 4.78 is 16.4. The topological polar surface area (TPSA) is 111 Å². The summed E-state index contributed by atoms with van der Waals surface area (Å²) in [6, 6.07) is 9.05. The van der Waals surface area contributed by atoms with Crippen molar-refractivity contribution >= 4 is 34.0 Å². The number of hydrogen-bond acceptors (Lipinski definition) is 9. The molecule has 0 saturated carbocycles. The molecule has 35 heavy (non-hydrogen) atoms. The average Bonchev–Trinajstić information content (AvgIpc) is 3.23. The second-order valence-corrected chi connectivity index (χ2v) is 10.3. The quantitative estimate of drug-likeness (QED) is 0.487. The summed E-state index contributed by atoms with van der Waals surface area (Å²) in [5, 5.41) is 6.27. The highest BCUT2D eigenvalue weighted by atomic mass is 32.1. The summed E-state index contributed by atoms with van der Waals surface area (Å²) in [5.74, 6) is 1.78. The predicted molar refractivity (Wildman–Crippen MR) is 136 cm³/mol. The summed E-state index contributed by atoms with van der Waals surface area (Å²) in [5.41, 5.74) is 1.59. The number of para-hydroxylation sites is 2. The van der Waals surface area contributed by atoms with Gasteiger partial charge in [-0.3, -0.25) is 5.32 Å². The van der Waals surface area contributed by atoms with Crippen molar-refractivity contribution in [2.45, 2.75) is 33.7 Å². The molecule has 4 rings (SSSR count). The van der Waals surface area contributed by atoms with Crippen molar-refractivity contribution in [1.29, 1.82) is 0 Å². The number of benzene rings is 1. The third-order valence-electron chi connectivity index (χ3n) is 5.13. The lowest BCUT2D eigenvalue weighted by atomic mass is 9.99. The Morgan fingerprint density at radius 1 is 1.11 bits per heavy atom. The first-order chi connectivity index (χ1) is 16.7. The van der Waals surface area contributed by atoms with Crippen LogP contribution in [0.4, 0.5) is 21.4 Å². The number of methoxy groups -OCH3 is 2. The van der Waals surface area contributed by atoms with Gasteiger partial charge in [-0.2, -0.15) is 9.97 Å². The van der Waals surface area contributed by atoms with E-state index >= 15 is 0 Å². The van der Waals surface area contributed by atoms with Crippen molar-refractivity contribution in [3.63, 3.8) is 0 Å². The van der Waals surface area contributed by atoms with Crippen LogP contribution in [0.1, 0.15) is 31.3 Å². The van der Waals surface area contributed by atoms with Gasteiger partial charge in [0.2, 0.25) is 5.88 Å². The van der Waals surface area contributed by atoms with Crippen LogP contribution in [0, 0.1) is 5.41 Å². The molecule has 1 aromatic carbocycles. The van der Waals surface area contributed by atoms with Crippen LogP contribution in [0.5, 0.6) is 17.6 Å². The zero-order chi connectivity index (χ0) is 25.0. The number of urea groups is 1. The molecule has 11 heteroatoms. The Labute approximate surface area is 208 Å². The third-order valence-corrected chi connectivity index (χ3v) is 6.13. The number of fused-ring (bicyclic) bond motifs is 1. The van der Waals surface area contributed by atoms with Crippen molar-refractivity contribution in [2.24, 2.45) is 5.41 Å². The summed E-state index contributed by atoms with van der Waals surface area (Å²) in [6.45, 7) is 8.16. The Morgan fingerprint density at radius 3 is 2.66 bits per heavy atom. The molecule has 0 saturated heterocycles. The van der Waals surface area contributed by atoms with E-state index in [-0.39, 0.29) is 17.5 Å². The van der Waals surface area contributed by atoms with Gasteiger partial charge in [-0.05, 0) is 17.5 Å². The van der Waals surface area contributed by atoms with Crippen molar-refractivity contribution in [3.8, 4) is 17.6 Å². The highest BCUT2D eigenvalue weighted by molar-refractivity contribution is 7.15. The number of ether oxygens (including phenoxy) is 3. The van der Waals surface area contributed by atoms with E-state index in [4.69, 9.17) is 14.2 Å².